The number of rotatable bonds is 3. The molecule has 1 atom stereocenters. The van der Waals surface area contributed by atoms with E-state index < -0.39 is 11.9 Å². The third kappa shape index (κ3) is 2.32. The molecule has 0 bridgehead atoms. The van der Waals surface area contributed by atoms with Crippen LogP contribution in [0.4, 0.5) is 0 Å². The molecule has 1 aliphatic carbocycles. The van der Waals surface area contributed by atoms with Crippen molar-refractivity contribution in [1.82, 2.24) is 4.98 Å². The molecule has 0 aliphatic heterocycles. The molecule has 1 unspecified atom stereocenters. The van der Waals surface area contributed by atoms with Gasteiger partial charge in [0, 0.05) is 9.75 Å². The van der Waals surface area contributed by atoms with Crippen molar-refractivity contribution in [3.05, 3.63) is 27.6 Å². The van der Waals surface area contributed by atoms with Crippen molar-refractivity contribution in [2.24, 2.45) is 0 Å². The summed E-state index contributed by atoms with van der Waals surface area (Å²) < 4.78 is 0. The number of carbonyl (C=O) groups is 1. The van der Waals surface area contributed by atoms with Crippen molar-refractivity contribution in [2.75, 3.05) is 0 Å². The fourth-order valence-corrected chi connectivity index (χ4v) is 4.61. The van der Waals surface area contributed by atoms with E-state index in [1.165, 1.54) is 14.6 Å². The zero-order valence-corrected chi connectivity index (χ0v) is 12.3. The minimum atomic E-state index is -0.738. The first kappa shape index (κ1) is 12.8. The topological polar surface area (TPSA) is 50.2 Å². The van der Waals surface area contributed by atoms with E-state index in [1.807, 2.05) is 0 Å². The second-order valence-corrected chi connectivity index (χ2v) is 6.98. The van der Waals surface area contributed by atoms with Gasteiger partial charge in [-0.1, -0.05) is 6.92 Å². The number of thiophene rings is 1. The first-order chi connectivity index (χ1) is 9.19. The molecule has 0 fully saturated rings. The Morgan fingerprint density at radius 3 is 3.00 bits per heavy atom. The van der Waals surface area contributed by atoms with Crippen LogP contribution < -0.4 is 0 Å². The molecular weight excluding hydrogens is 278 g/mol. The Morgan fingerprint density at radius 2 is 2.32 bits per heavy atom. The Balaban J connectivity index is 1.99. The summed E-state index contributed by atoms with van der Waals surface area (Å²) in [4.78, 5) is 19.6. The summed E-state index contributed by atoms with van der Waals surface area (Å²) >= 11 is 3.43. The molecule has 0 spiro atoms. The first-order valence-electron chi connectivity index (χ1n) is 6.50. The van der Waals surface area contributed by atoms with Gasteiger partial charge in [-0.3, -0.25) is 4.79 Å². The molecule has 3 nitrogen and oxygen atoms in total. The predicted octanol–water partition coefficient (Wildman–Crippen LogP) is 3.94. The van der Waals surface area contributed by atoms with Crippen LogP contribution in [0.25, 0.3) is 9.88 Å². The highest BCUT2D eigenvalue weighted by atomic mass is 32.1. The molecule has 2 heterocycles. The lowest BCUT2D eigenvalue weighted by Gasteiger charge is -2.16. The van der Waals surface area contributed by atoms with E-state index in [0.717, 1.165) is 36.4 Å². The number of thiazole rings is 1. The van der Waals surface area contributed by atoms with Crippen LogP contribution in [0.5, 0.6) is 0 Å². The Kier molecular flexibility index (Phi) is 3.41. The summed E-state index contributed by atoms with van der Waals surface area (Å²) in [5, 5.41) is 10.3. The Labute approximate surface area is 119 Å². The highest BCUT2D eigenvalue weighted by Crippen LogP contribution is 2.40. The van der Waals surface area contributed by atoms with Gasteiger partial charge in [-0.15, -0.1) is 22.7 Å². The minimum Gasteiger partial charge on any atom is -0.481 e. The molecule has 19 heavy (non-hydrogen) atoms. The molecule has 2 aromatic heterocycles. The molecule has 0 saturated carbocycles. The van der Waals surface area contributed by atoms with Crippen molar-refractivity contribution in [3.8, 4) is 9.88 Å². The maximum absolute atomic E-state index is 11.3. The van der Waals surface area contributed by atoms with Crippen LogP contribution in [0, 0.1) is 0 Å². The Hall–Kier alpha value is -1.20. The van der Waals surface area contributed by atoms with Crippen LogP contribution in [0.3, 0.4) is 0 Å². The molecule has 1 aliphatic rings. The monoisotopic (exact) mass is 293 g/mol. The van der Waals surface area contributed by atoms with Crippen LogP contribution >= 0.6 is 22.7 Å². The summed E-state index contributed by atoms with van der Waals surface area (Å²) in [6.45, 7) is 2.14. The minimum absolute atomic E-state index is 0.403. The first-order valence-corrected chi connectivity index (χ1v) is 8.13. The van der Waals surface area contributed by atoms with E-state index in [1.54, 1.807) is 22.7 Å². The highest BCUT2D eigenvalue weighted by Gasteiger charge is 2.30. The van der Waals surface area contributed by atoms with Gasteiger partial charge in [-0.25, -0.2) is 4.98 Å². The van der Waals surface area contributed by atoms with Crippen molar-refractivity contribution >= 4 is 28.6 Å². The lowest BCUT2D eigenvalue weighted by molar-refractivity contribution is -0.139. The van der Waals surface area contributed by atoms with Crippen molar-refractivity contribution in [2.45, 2.75) is 38.5 Å². The van der Waals surface area contributed by atoms with E-state index in [0.29, 0.717) is 0 Å². The average molecular weight is 293 g/mol. The maximum atomic E-state index is 11.3. The van der Waals surface area contributed by atoms with E-state index in [2.05, 4.69) is 24.0 Å². The maximum Gasteiger partial charge on any atom is 0.312 e. The van der Waals surface area contributed by atoms with Crippen LogP contribution in [-0.4, -0.2) is 16.1 Å². The number of nitrogens with zero attached hydrogens (tertiary/aromatic N) is 1. The molecule has 0 saturated heterocycles. The predicted molar refractivity (Wildman–Crippen MR) is 78.1 cm³/mol. The Bertz CT molecular complexity index is 615. The van der Waals surface area contributed by atoms with E-state index >= 15 is 0 Å². The molecule has 0 aromatic carbocycles. The van der Waals surface area contributed by atoms with Gasteiger partial charge in [0.25, 0.3) is 0 Å². The molecular formula is C14H15NO2S2. The standard InChI is InChI=1S/C14H15NO2S2/c1-2-8-6-7-11(18-8)13-15-12-9(14(16)17)4-3-5-10(12)19-13/h6-7,9H,2-5H2,1H3,(H,16,17). The van der Waals surface area contributed by atoms with Gasteiger partial charge in [0.1, 0.15) is 10.9 Å². The number of fused-ring (bicyclic) bond motifs is 1. The van der Waals surface area contributed by atoms with Gasteiger partial charge in [0.05, 0.1) is 10.6 Å². The average Bonchev–Trinajstić information content (AvgIpc) is 3.03. The number of aromatic nitrogens is 1. The van der Waals surface area contributed by atoms with Gasteiger partial charge in [0.2, 0.25) is 0 Å². The quantitative estimate of drug-likeness (QED) is 0.932. The van der Waals surface area contributed by atoms with E-state index in [-0.39, 0.29) is 0 Å². The second-order valence-electron chi connectivity index (χ2n) is 4.73. The summed E-state index contributed by atoms with van der Waals surface area (Å²) in [6.07, 6.45) is 3.68. The van der Waals surface area contributed by atoms with Gasteiger partial charge < -0.3 is 5.11 Å². The molecule has 2 aromatic rings. The smallest absolute Gasteiger partial charge is 0.312 e. The Morgan fingerprint density at radius 1 is 1.47 bits per heavy atom. The summed E-state index contributed by atoms with van der Waals surface area (Å²) in [6, 6.07) is 4.23. The second kappa shape index (κ2) is 5.06. The van der Waals surface area contributed by atoms with Crippen molar-refractivity contribution in [3.63, 3.8) is 0 Å². The number of carboxylic acid groups (broad SMARTS) is 1. The molecule has 0 radical (unpaired) electrons. The number of hydrogen-bond acceptors (Lipinski definition) is 4. The lowest BCUT2D eigenvalue weighted by Crippen LogP contribution is -2.17. The van der Waals surface area contributed by atoms with Gasteiger partial charge in [-0.05, 0) is 37.8 Å². The SMILES string of the molecule is CCc1ccc(-c2nc3c(s2)CCCC3C(=O)O)s1. The fourth-order valence-electron chi connectivity index (χ4n) is 2.45. The van der Waals surface area contributed by atoms with Crippen molar-refractivity contribution < 1.29 is 9.90 Å². The van der Waals surface area contributed by atoms with E-state index in [4.69, 9.17) is 0 Å². The zero-order chi connectivity index (χ0) is 13.4. The van der Waals surface area contributed by atoms with Gasteiger partial charge >= 0.3 is 5.97 Å². The largest absolute Gasteiger partial charge is 0.481 e. The molecule has 3 rings (SSSR count). The van der Waals surface area contributed by atoms with E-state index in [9.17, 15) is 9.90 Å². The molecule has 1 N–H and O–H groups in total. The normalized spacial score (nSPS) is 18.3. The summed E-state index contributed by atoms with van der Waals surface area (Å²) in [5.41, 5.74) is 0.810. The molecule has 5 heteroatoms. The third-order valence-corrected chi connectivity index (χ3v) is 6.00. The van der Waals surface area contributed by atoms with Crippen LogP contribution in [0.15, 0.2) is 12.1 Å². The zero-order valence-electron chi connectivity index (χ0n) is 10.7. The number of carboxylic acids is 1. The van der Waals surface area contributed by atoms with Crippen LogP contribution in [-0.2, 0) is 17.6 Å². The molecule has 0 amide bonds. The number of aliphatic carboxylic acids is 1. The van der Waals surface area contributed by atoms with Crippen molar-refractivity contribution in [1.29, 1.82) is 0 Å². The molecule has 100 valence electrons. The summed E-state index contributed by atoms with van der Waals surface area (Å²) in [5.74, 6) is -1.14. The highest BCUT2D eigenvalue weighted by molar-refractivity contribution is 7.21. The number of hydrogen-bond donors (Lipinski definition) is 1. The van der Waals surface area contributed by atoms with Gasteiger partial charge in [0.15, 0.2) is 0 Å². The number of aryl methyl sites for hydroxylation is 2. The third-order valence-electron chi connectivity index (χ3n) is 3.47. The van der Waals surface area contributed by atoms with Crippen LogP contribution in [0.2, 0.25) is 0 Å². The fraction of sp³-hybridized carbons (Fsp3) is 0.429. The van der Waals surface area contributed by atoms with Crippen LogP contribution in [0.1, 0.15) is 41.1 Å². The van der Waals surface area contributed by atoms with Gasteiger partial charge in [-0.2, -0.15) is 0 Å². The lowest BCUT2D eigenvalue weighted by atomic mass is 9.91. The summed E-state index contributed by atoms with van der Waals surface area (Å²) in [7, 11) is 0.